The van der Waals surface area contributed by atoms with Crippen molar-refractivity contribution >= 4 is 17.4 Å². The summed E-state index contributed by atoms with van der Waals surface area (Å²) in [5, 5.41) is 5.86. The van der Waals surface area contributed by atoms with Crippen molar-refractivity contribution in [1.82, 2.24) is 10.3 Å². The quantitative estimate of drug-likeness (QED) is 0.758. The van der Waals surface area contributed by atoms with E-state index >= 15 is 0 Å². The van der Waals surface area contributed by atoms with E-state index in [-0.39, 0.29) is 11.9 Å². The lowest BCUT2D eigenvalue weighted by atomic mass is 10.00. The van der Waals surface area contributed by atoms with Gasteiger partial charge < -0.3 is 16.4 Å². The second kappa shape index (κ2) is 6.47. The summed E-state index contributed by atoms with van der Waals surface area (Å²) in [5.41, 5.74) is 10.0. The highest BCUT2D eigenvalue weighted by atomic mass is 16.1. The van der Waals surface area contributed by atoms with Crippen LogP contribution in [0.25, 0.3) is 11.1 Å². The molecule has 116 valence electrons. The molecule has 0 radical (unpaired) electrons. The van der Waals surface area contributed by atoms with Crippen LogP contribution in [0.15, 0.2) is 30.5 Å². The first-order chi connectivity index (χ1) is 10.4. The number of nitrogens with two attached hydrogens (primary N) is 1. The fraction of sp³-hybridized carbons (Fsp3) is 0.294. The van der Waals surface area contributed by atoms with Crippen LogP contribution < -0.4 is 16.4 Å². The van der Waals surface area contributed by atoms with E-state index < -0.39 is 0 Å². The first-order valence-corrected chi connectivity index (χ1v) is 7.27. The molecule has 0 aliphatic heterocycles. The Bertz CT molecular complexity index is 695. The minimum atomic E-state index is -0.137. The average molecular weight is 298 g/mol. The second-order valence-corrected chi connectivity index (χ2v) is 5.57. The molecule has 22 heavy (non-hydrogen) atoms. The Morgan fingerprint density at radius 1 is 1.27 bits per heavy atom. The number of nitrogens with zero attached hydrogens (tertiary/aromatic N) is 1. The van der Waals surface area contributed by atoms with Crippen LogP contribution in [0.2, 0.25) is 0 Å². The number of amides is 1. The molecule has 0 saturated carbocycles. The standard InChI is InChI=1S/C17H22N4O/c1-10(2)21-17(22)15-8-12(9-20-16(15)19-4)14-6-5-13(18)7-11(14)3/h5-10H,18H2,1-4H3,(H,19,20)(H,21,22). The van der Waals surface area contributed by atoms with Crippen LogP contribution in [0.1, 0.15) is 29.8 Å². The molecule has 0 unspecified atom stereocenters. The maximum atomic E-state index is 12.3. The zero-order valence-corrected chi connectivity index (χ0v) is 13.4. The van der Waals surface area contributed by atoms with Gasteiger partial charge in [-0.1, -0.05) is 6.07 Å². The van der Waals surface area contributed by atoms with E-state index in [2.05, 4.69) is 15.6 Å². The van der Waals surface area contributed by atoms with Gasteiger partial charge in [0, 0.05) is 30.5 Å². The van der Waals surface area contributed by atoms with Gasteiger partial charge in [-0.15, -0.1) is 0 Å². The predicted octanol–water partition coefficient (Wildman–Crippen LogP) is 2.82. The Morgan fingerprint density at radius 3 is 2.59 bits per heavy atom. The number of hydrogen-bond acceptors (Lipinski definition) is 4. The molecule has 1 aromatic carbocycles. The number of carbonyl (C=O) groups excluding carboxylic acids is 1. The second-order valence-electron chi connectivity index (χ2n) is 5.57. The lowest BCUT2D eigenvalue weighted by molar-refractivity contribution is 0.0943. The third-order valence-electron chi connectivity index (χ3n) is 3.35. The minimum Gasteiger partial charge on any atom is -0.399 e. The van der Waals surface area contributed by atoms with Gasteiger partial charge in [-0.3, -0.25) is 4.79 Å². The van der Waals surface area contributed by atoms with Crippen molar-refractivity contribution < 1.29 is 4.79 Å². The molecule has 1 heterocycles. The van der Waals surface area contributed by atoms with E-state index in [1.807, 2.05) is 45.0 Å². The molecular formula is C17H22N4O. The number of hydrogen-bond donors (Lipinski definition) is 3. The Labute approximate surface area is 130 Å². The predicted molar refractivity (Wildman–Crippen MR) is 91.0 cm³/mol. The summed E-state index contributed by atoms with van der Waals surface area (Å²) < 4.78 is 0. The van der Waals surface area contributed by atoms with Gasteiger partial charge in [0.2, 0.25) is 0 Å². The molecule has 1 amide bonds. The minimum absolute atomic E-state index is 0.0686. The largest absolute Gasteiger partial charge is 0.399 e. The van der Waals surface area contributed by atoms with Gasteiger partial charge in [0.25, 0.3) is 5.91 Å². The summed E-state index contributed by atoms with van der Waals surface area (Å²) in [4.78, 5) is 16.7. The lowest BCUT2D eigenvalue weighted by Gasteiger charge is -2.14. The molecular weight excluding hydrogens is 276 g/mol. The van der Waals surface area contributed by atoms with Crippen LogP contribution >= 0.6 is 0 Å². The molecule has 0 aliphatic carbocycles. The number of aryl methyl sites for hydroxylation is 1. The van der Waals surface area contributed by atoms with E-state index in [0.29, 0.717) is 11.4 Å². The van der Waals surface area contributed by atoms with Crippen molar-refractivity contribution in [1.29, 1.82) is 0 Å². The average Bonchev–Trinajstić information content (AvgIpc) is 2.46. The number of benzene rings is 1. The number of nitrogens with one attached hydrogen (secondary N) is 2. The third kappa shape index (κ3) is 3.36. The Hall–Kier alpha value is -2.56. The highest BCUT2D eigenvalue weighted by Crippen LogP contribution is 2.27. The summed E-state index contributed by atoms with van der Waals surface area (Å²) in [6.45, 7) is 5.85. The van der Waals surface area contributed by atoms with Crippen LogP contribution in [0, 0.1) is 6.92 Å². The molecule has 1 aromatic heterocycles. The van der Waals surface area contributed by atoms with E-state index in [0.717, 1.165) is 22.4 Å². The Kier molecular flexibility index (Phi) is 4.65. The fourth-order valence-corrected chi connectivity index (χ4v) is 2.34. The molecule has 0 bridgehead atoms. The molecule has 2 rings (SSSR count). The first-order valence-electron chi connectivity index (χ1n) is 7.27. The maximum absolute atomic E-state index is 12.3. The molecule has 0 atom stereocenters. The fourth-order valence-electron chi connectivity index (χ4n) is 2.34. The van der Waals surface area contributed by atoms with Gasteiger partial charge in [-0.25, -0.2) is 4.98 Å². The number of aromatic nitrogens is 1. The van der Waals surface area contributed by atoms with E-state index in [1.54, 1.807) is 13.2 Å². The summed E-state index contributed by atoms with van der Waals surface area (Å²) >= 11 is 0. The molecule has 0 saturated heterocycles. The van der Waals surface area contributed by atoms with Crippen molar-refractivity contribution in [2.75, 3.05) is 18.1 Å². The zero-order chi connectivity index (χ0) is 16.3. The normalized spacial score (nSPS) is 10.6. The van der Waals surface area contributed by atoms with Gasteiger partial charge in [0.1, 0.15) is 5.82 Å². The smallest absolute Gasteiger partial charge is 0.255 e. The third-order valence-corrected chi connectivity index (χ3v) is 3.35. The van der Waals surface area contributed by atoms with Crippen molar-refractivity contribution in [3.63, 3.8) is 0 Å². The van der Waals surface area contributed by atoms with Crippen LogP contribution in [0.4, 0.5) is 11.5 Å². The van der Waals surface area contributed by atoms with Crippen molar-refractivity contribution in [2.24, 2.45) is 0 Å². The number of rotatable bonds is 4. The van der Waals surface area contributed by atoms with Crippen LogP contribution in [-0.4, -0.2) is 24.0 Å². The highest BCUT2D eigenvalue weighted by molar-refractivity contribution is 6.00. The summed E-state index contributed by atoms with van der Waals surface area (Å²) in [6, 6.07) is 7.64. The molecule has 5 heteroatoms. The molecule has 4 N–H and O–H groups in total. The molecule has 0 fully saturated rings. The number of pyridine rings is 1. The van der Waals surface area contributed by atoms with Crippen molar-refractivity contribution in [3.05, 3.63) is 41.6 Å². The number of anilines is 2. The van der Waals surface area contributed by atoms with Gasteiger partial charge in [0.05, 0.1) is 5.56 Å². The molecule has 0 spiro atoms. The van der Waals surface area contributed by atoms with Crippen molar-refractivity contribution in [3.8, 4) is 11.1 Å². The van der Waals surface area contributed by atoms with E-state index in [9.17, 15) is 4.79 Å². The number of nitrogen functional groups attached to an aromatic ring is 1. The van der Waals surface area contributed by atoms with Crippen LogP contribution in [0.5, 0.6) is 0 Å². The van der Waals surface area contributed by atoms with Crippen LogP contribution in [-0.2, 0) is 0 Å². The highest BCUT2D eigenvalue weighted by Gasteiger charge is 2.15. The Morgan fingerprint density at radius 2 is 2.00 bits per heavy atom. The van der Waals surface area contributed by atoms with Gasteiger partial charge >= 0.3 is 0 Å². The van der Waals surface area contributed by atoms with Crippen LogP contribution in [0.3, 0.4) is 0 Å². The van der Waals surface area contributed by atoms with Crippen molar-refractivity contribution in [2.45, 2.75) is 26.8 Å². The lowest BCUT2D eigenvalue weighted by Crippen LogP contribution is -2.30. The molecule has 2 aromatic rings. The summed E-state index contributed by atoms with van der Waals surface area (Å²) in [5.74, 6) is 0.428. The zero-order valence-electron chi connectivity index (χ0n) is 13.4. The monoisotopic (exact) mass is 298 g/mol. The molecule has 5 nitrogen and oxygen atoms in total. The molecule has 0 aliphatic rings. The van der Waals surface area contributed by atoms with Gasteiger partial charge in [0.15, 0.2) is 0 Å². The maximum Gasteiger partial charge on any atom is 0.255 e. The van der Waals surface area contributed by atoms with Gasteiger partial charge in [-0.05, 0) is 50.1 Å². The summed E-state index contributed by atoms with van der Waals surface area (Å²) in [6.07, 6.45) is 1.76. The Balaban J connectivity index is 2.48. The SMILES string of the molecule is CNc1ncc(-c2ccc(N)cc2C)cc1C(=O)NC(C)C. The summed E-state index contributed by atoms with van der Waals surface area (Å²) in [7, 11) is 1.75. The first kappa shape index (κ1) is 15.8. The van der Waals surface area contributed by atoms with E-state index in [4.69, 9.17) is 5.73 Å². The van der Waals surface area contributed by atoms with E-state index in [1.165, 1.54) is 0 Å². The number of carbonyl (C=O) groups is 1. The topological polar surface area (TPSA) is 80.0 Å². The van der Waals surface area contributed by atoms with Gasteiger partial charge in [-0.2, -0.15) is 0 Å².